The van der Waals surface area contributed by atoms with Gasteiger partial charge in [-0.25, -0.2) is 4.79 Å². The number of pyridine rings is 1. The average molecular weight is 405 g/mol. The zero-order valence-electron chi connectivity index (χ0n) is 17.9. The van der Waals surface area contributed by atoms with Crippen LogP contribution in [0.1, 0.15) is 54.0 Å². The van der Waals surface area contributed by atoms with Gasteiger partial charge in [-0.3, -0.25) is 9.78 Å². The molecule has 1 heterocycles. The SMILES string of the molecule is Cc1cc(C(=O)OCC(=O)N[C@@H](C)c2ccc(CC(C)C)cc2)c2ccccc2n1. The normalized spacial score (nSPS) is 12.0. The summed E-state index contributed by atoms with van der Waals surface area (Å²) < 4.78 is 5.27. The van der Waals surface area contributed by atoms with Gasteiger partial charge >= 0.3 is 5.97 Å². The summed E-state index contributed by atoms with van der Waals surface area (Å²) in [5, 5.41) is 3.59. The summed E-state index contributed by atoms with van der Waals surface area (Å²) in [5.74, 6) is -0.265. The van der Waals surface area contributed by atoms with E-state index in [1.54, 1.807) is 6.07 Å². The number of ether oxygens (including phenoxy) is 1. The van der Waals surface area contributed by atoms with Crippen LogP contribution in [-0.2, 0) is 16.0 Å². The number of carbonyl (C=O) groups excluding carboxylic acids is 2. The Morgan fingerprint density at radius 2 is 1.73 bits per heavy atom. The van der Waals surface area contributed by atoms with Crippen molar-refractivity contribution in [3.8, 4) is 0 Å². The highest BCUT2D eigenvalue weighted by molar-refractivity contribution is 6.04. The van der Waals surface area contributed by atoms with Crippen LogP contribution in [0.4, 0.5) is 0 Å². The van der Waals surface area contributed by atoms with Crippen LogP contribution in [-0.4, -0.2) is 23.5 Å². The van der Waals surface area contributed by atoms with E-state index in [-0.39, 0.29) is 18.6 Å². The Morgan fingerprint density at radius 3 is 2.43 bits per heavy atom. The van der Waals surface area contributed by atoms with E-state index in [1.807, 2.05) is 50.2 Å². The average Bonchev–Trinajstić information content (AvgIpc) is 2.71. The number of hydrogen-bond acceptors (Lipinski definition) is 4. The van der Waals surface area contributed by atoms with Crippen LogP contribution in [0.25, 0.3) is 10.9 Å². The molecule has 1 atom stereocenters. The topological polar surface area (TPSA) is 68.3 Å². The Kier molecular flexibility index (Phi) is 6.83. The van der Waals surface area contributed by atoms with Crippen molar-refractivity contribution in [3.63, 3.8) is 0 Å². The fraction of sp³-hybridized carbons (Fsp3) is 0.320. The number of hydrogen-bond donors (Lipinski definition) is 1. The molecule has 30 heavy (non-hydrogen) atoms. The Hall–Kier alpha value is -3.21. The molecule has 0 fully saturated rings. The highest BCUT2D eigenvalue weighted by Gasteiger charge is 2.16. The second-order valence-corrected chi connectivity index (χ2v) is 8.03. The first-order valence-corrected chi connectivity index (χ1v) is 10.2. The van der Waals surface area contributed by atoms with Gasteiger partial charge in [0.1, 0.15) is 0 Å². The van der Waals surface area contributed by atoms with Crippen molar-refractivity contribution in [1.29, 1.82) is 0 Å². The molecule has 0 aliphatic rings. The lowest BCUT2D eigenvalue weighted by Crippen LogP contribution is -2.31. The maximum Gasteiger partial charge on any atom is 0.339 e. The van der Waals surface area contributed by atoms with Gasteiger partial charge in [0, 0.05) is 11.1 Å². The maximum atomic E-state index is 12.6. The van der Waals surface area contributed by atoms with Crippen LogP contribution in [0.15, 0.2) is 54.6 Å². The molecule has 5 heteroatoms. The smallest absolute Gasteiger partial charge is 0.339 e. The fourth-order valence-corrected chi connectivity index (χ4v) is 3.47. The summed E-state index contributed by atoms with van der Waals surface area (Å²) in [6.45, 7) is 7.79. The molecule has 0 unspecified atom stereocenters. The standard InChI is InChI=1S/C25H28N2O3/c1-16(2)13-19-9-11-20(12-10-19)18(4)27-24(28)15-30-25(29)22-14-17(3)26-23-8-6-5-7-21(22)23/h5-12,14,16,18H,13,15H2,1-4H3,(H,27,28)/t18-/m0/s1. The van der Waals surface area contributed by atoms with Gasteiger partial charge in [-0.05, 0) is 49.4 Å². The number of rotatable bonds is 7. The Bertz CT molecular complexity index is 1040. The van der Waals surface area contributed by atoms with E-state index < -0.39 is 5.97 Å². The number of para-hydroxylation sites is 1. The number of aromatic nitrogens is 1. The van der Waals surface area contributed by atoms with E-state index in [0.717, 1.165) is 23.2 Å². The van der Waals surface area contributed by atoms with Crippen LogP contribution in [0.5, 0.6) is 0 Å². The predicted octanol–water partition coefficient (Wildman–Crippen LogP) is 4.78. The molecule has 0 aliphatic heterocycles. The van der Waals surface area contributed by atoms with Gasteiger partial charge in [0.15, 0.2) is 6.61 Å². The third-order valence-electron chi connectivity index (χ3n) is 4.90. The van der Waals surface area contributed by atoms with E-state index >= 15 is 0 Å². The number of aryl methyl sites for hydroxylation is 1. The lowest BCUT2D eigenvalue weighted by Gasteiger charge is -2.15. The molecule has 0 bridgehead atoms. The second-order valence-electron chi connectivity index (χ2n) is 8.03. The van der Waals surface area contributed by atoms with Gasteiger partial charge in [-0.2, -0.15) is 0 Å². The van der Waals surface area contributed by atoms with Crippen molar-refractivity contribution in [2.45, 2.75) is 40.2 Å². The van der Waals surface area contributed by atoms with E-state index in [1.165, 1.54) is 5.56 Å². The van der Waals surface area contributed by atoms with E-state index in [4.69, 9.17) is 4.74 Å². The lowest BCUT2D eigenvalue weighted by molar-refractivity contribution is -0.124. The molecule has 0 radical (unpaired) electrons. The summed E-state index contributed by atoms with van der Waals surface area (Å²) >= 11 is 0. The van der Waals surface area contributed by atoms with E-state index in [9.17, 15) is 9.59 Å². The minimum absolute atomic E-state index is 0.173. The predicted molar refractivity (Wildman–Crippen MR) is 118 cm³/mol. The van der Waals surface area contributed by atoms with E-state index in [2.05, 4.69) is 36.3 Å². The zero-order valence-corrected chi connectivity index (χ0v) is 17.9. The number of nitrogens with zero attached hydrogens (tertiary/aromatic N) is 1. The fourth-order valence-electron chi connectivity index (χ4n) is 3.47. The first-order valence-electron chi connectivity index (χ1n) is 10.2. The van der Waals surface area contributed by atoms with Gasteiger partial charge in [0.05, 0.1) is 17.1 Å². The van der Waals surface area contributed by atoms with Gasteiger partial charge in [0.25, 0.3) is 5.91 Å². The number of carbonyl (C=O) groups is 2. The molecule has 3 rings (SSSR count). The van der Waals surface area contributed by atoms with Crippen LogP contribution < -0.4 is 5.32 Å². The molecule has 1 N–H and O–H groups in total. The maximum absolute atomic E-state index is 12.6. The first-order chi connectivity index (χ1) is 14.3. The third-order valence-corrected chi connectivity index (χ3v) is 4.90. The number of nitrogens with one attached hydrogen (secondary N) is 1. The lowest BCUT2D eigenvalue weighted by atomic mass is 10.00. The van der Waals surface area contributed by atoms with Gasteiger partial charge in [0.2, 0.25) is 0 Å². The van der Waals surface area contributed by atoms with Crippen molar-refractivity contribution in [3.05, 3.63) is 77.0 Å². The molecular weight excluding hydrogens is 376 g/mol. The van der Waals surface area contributed by atoms with Crippen molar-refractivity contribution < 1.29 is 14.3 Å². The zero-order chi connectivity index (χ0) is 21.7. The highest BCUT2D eigenvalue weighted by atomic mass is 16.5. The van der Waals surface area contributed by atoms with Gasteiger partial charge < -0.3 is 10.1 Å². The third kappa shape index (κ3) is 5.44. The summed E-state index contributed by atoms with van der Waals surface area (Å²) in [5.41, 5.74) is 4.15. The molecule has 1 aromatic heterocycles. The Labute approximate surface area is 177 Å². The van der Waals surface area contributed by atoms with E-state index in [0.29, 0.717) is 16.9 Å². The number of amides is 1. The molecular formula is C25H28N2O3. The van der Waals surface area contributed by atoms with Crippen molar-refractivity contribution in [2.24, 2.45) is 5.92 Å². The largest absolute Gasteiger partial charge is 0.452 e. The molecule has 0 aliphatic carbocycles. The number of benzene rings is 2. The molecule has 1 amide bonds. The van der Waals surface area contributed by atoms with Crippen LogP contribution in [0.3, 0.4) is 0 Å². The van der Waals surface area contributed by atoms with Crippen LogP contribution in [0, 0.1) is 12.8 Å². The molecule has 156 valence electrons. The Balaban J connectivity index is 1.59. The van der Waals surface area contributed by atoms with Crippen LogP contribution >= 0.6 is 0 Å². The highest BCUT2D eigenvalue weighted by Crippen LogP contribution is 2.19. The quantitative estimate of drug-likeness (QED) is 0.576. The minimum Gasteiger partial charge on any atom is -0.452 e. The number of fused-ring (bicyclic) bond motifs is 1. The van der Waals surface area contributed by atoms with Crippen LogP contribution in [0.2, 0.25) is 0 Å². The number of esters is 1. The molecule has 0 saturated carbocycles. The van der Waals surface area contributed by atoms with Crippen molar-refractivity contribution in [2.75, 3.05) is 6.61 Å². The minimum atomic E-state index is -0.530. The first kappa shape index (κ1) is 21.5. The summed E-state index contributed by atoms with van der Waals surface area (Å²) in [6.07, 6.45) is 1.03. The molecule has 0 saturated heterocycles. The molecule has 5 nitrogen and oxygen atoms in total. The monoisotopic (exact) mass is 404 g/mol. The second kappa shape index (κ2) is 9.53. The summed E-state index contributed by atoms with van der Waals surface area (Å²) in [6, 6.07) is 17.1. The van der Waals surface area contributed by atoms with Gasteiger partial charge in [-0.15, -0.1) is 0 Å². The molecule has 2 aromatic carbocycles. The van der Waals surface area contributed by atoms with Crippen molar-refractivity contribution in [1.82, 2.24) is 10.3 Å². The molecule has 3 aromatic rings. The van der Waals surface area contributed by atoms with Crippen molar-refractivity contribution >= 4 is 22.8 Å². The Morgan fingerprint density at radius 1 is 1.03 bits per heavy atom. The van der Waals surface area contributed by atoms with Gasteiger partial charge in [-0.1, -0.05) is 56.3 Å². The summed E-state index contributed by atoms with van der Waals surface area (Å²) in [4.78, 5) is 29.3. The molecule has 0 spiro atoms. The summed E-state index contributed by atoms with van der Waals surface area (Å²) in [7, 11) is 0.